The van der Waals surface area contributed by atoms with Gasteiger partial charge in [-0.3, -0.25) is 10.1 Å². The van der Waals surface area contributed by atoms with Crippen LogP contribution in [-0.2, 0) is 0 Å². The van der Waals surface area contributed by atoms with E-state index >= 15 is 0 Å². The molecule has 5 nitrogen and oxygen atoms in total. The van der Waals surface area contributed by atoms with Crippen LogP contribution in [0.4, 0.5) is 17.1 Å². The van der Waals surface area contributed by atoms with E-state index in [4.69, 9.17) is 5.73 Å². The molecule has 0 saturated carbocycles. The zero-order chi connectivity index (χ0) is 12.8. The van der Waals surface area contributed by atoms with E-state index in [1.54, 1.807) is 6.07 Å². The Hall–Kier alpha value is -1.78. The lowest BCUT2D eigenvalue weighted by molar-refractivity contribution is -0.384. The van der Waals surface area contributed by atoms with Crippen molar-refractivity contribution in [3.05, 3.63) is 28.3 Å². The third kappa shape index (κ3) is 3.94. The third-order valence-electron chi connectivity index (χ3n) is 2.65. The number of nitro groups is 1. The standard InChI is InChI=1S/C12H19N3O2/c1-3-5-10(4-2)14-11-6-9(13)7-12(8-11)15(16)17/h6-8,10,14H,3-5,13H2,1-2H3. The van der Waals surface area contributed by atoms with Crippen LogP contribution in [0.25, 0.3) is 0 Å². The largest absolute Gasteiger partial charge is 0.398 e. The number of nitrogens with one attached hydrogen (secondary N) is 1. The zero-order valence-electron chi connectivity index (χ0n) is 10.3. The third-order valence-corrected chi connectivity index (χ3v) is 2.65. The number of anilines is 2. The highest BCUT2D eigenvalue weighted by atomic mass is 16.6. The molecule has 1 aromatic carbocycles. The molecule has 3 N–H and O–H groups in total. The van der Waals surface area contributed by atoms with Crippen LogP contribution >= 0.6 is 0 Å². The first-order valence-corrected chi connectivity index (χ1v) is 5.88. The van der Waals surface area contributed by atoms with Gasteiger partial charge in [0.2, 0.25) is 0 Å². The molecule has 1 atom stereocenters. The van der Waals surface area contributed by atoms with Crippen LogP contribution in [0.5, 0.6) is 0 Å². The minimum atomic E-state index is -0.428. The smallest absolute Gasteiger partial charge is 0.273 e. The molecule has 0 bridgehead atoms. The summed E-state index contributed by atoms with van der Waals surface area (Å²) in [5, 5.41) is 14.0. The normalized spacial score (nSPS) is 12.1. The van der Waals surface area contributed by atoms with Crippen LogP contribution in [0, 0.1) is 10.1 Å². The second-order valence-electron chi connectivity index (χ2n) is 4.11. The summed E-state index contributed by atoms with van der Waals surface area (Å²) in [6.45, 7) is 4.21. The summed E-state index contributed by atoms with van der Waals surface area (Å²) in [6, 6.07) is 4.95. The Morgan fingerprint density at radius 1 is 1.41 bits per heavy atom. The van der Waals surface area contributed by atoms with E-state index in [1.807, 2.05) is 0 Å². The molecule has 0 spiro atoms. The molecule has 0 amide bonds. The fourth-order valence-corrected chi connectivity index (χ4v) is 1.79. The predicted octanol–water partition coefficient (Wildman–Crippen LogP) is 3.17. The van der Waals surface area contributed by atoms with Crippen molar-refractivity contribution in [3.63, 3.8) is 0 Å². The second kappa shape index (κ2) is 6.08. The molecule has 17 heavy (non-hydrogen) atoms. The van der Waals surface area contributed by atoms with Gasteiger partial charge < -0.3 is 11.1 Å². The van der Waals surface area contributed by atoms with E-state index in [-0.39, 0.29) is 5.69 Å². The van der Waals surface area contributed by atoms with Gasteiger partial charge in [-0.05, 0) is 18.9 Å². The second-order valence-corrected chi connectivity index (χ2v) is 4.11. The molecule has 1 aromatic rings. The van der Waals surface area contributed by atoms with Crippen molar-refractivity contribution in [2.75, 3.05) is 11.1 Å². The van der Waals surface area contributed by atoms with Gasteiger partial charge in [0.15, 0.2) is 0 Å². The minimum absolute atomic E-state index is 0.0267. The Labute approximate surface area is 101 Å². The van der Waals surface area contributed by atoms with Crippen molar-refractivity contribution in [3.8, 4) is 0 Å². The number of nitrogen functional groups attached to an aromatic ring is 1. The van der Waals surface area contributed by atoms with Gasteiger partial charge in [-0.2, -0.15) is 0 Å². The van der Waals surface area contributed by atoms with Gasteiger partial charge in [0.25, 0.3) is 5.69 Å². The summed E-state index contributed by atoms with van der Waals surface area (Å²) in [5.74, 6) is 0. The first kappa shape index (κ1) is 13.3. The SMILES string of the molecule is CCCC(CC)Nc1cc(N)cc([N+](=O)[O-])c1. The van der Waals surface area contributed by atoms with Crippen LogP contribution in [0.3, 0.4) is 0 Å². The van der Waals surface area contributed by atoms with Gasteiger partial charge in [-0.15, -0.1) is 0 Å². The van der Waals surface area contributed by atoms with Crippen molar-refractivity contribution in [1.82, 2.24) is 0 Å². The van der Waals surface area contributed by atoms with Crippen molar-refractivity contribution in [2.24, 2.45) is 0 Å². The van der Waals surface area contributed by atoms with Crippen molar-refractivity contribution < 1.29 is 4.92 Å². The van der Waals surface area contributed by atoms with Gasteiger partial charge >= 0.3 is 0 Å². The molecule has 0 saturated heterocycles. The number of nitro benzene ring substituents is 1. The number of hydrogen-bond donors (Lipinski definition) is 2. The molecule has 0 aliphatic carbocycles. The minimum Gasteiger partial charge on any atom is -0.398 e. The van der Waals surface area contributed by atoms with E-state index in [0.29, 0.717) is 11.7 Å². The summed E-state index contributed by atoms with van der Waals surface area (Å²) in [7, 11) is 0. The summed E-state index contributed by atoms with van der Waals surface area (Å²) in [4.78, 5) is 10.3. The molecule has 0 aliphatic rings. The molecule has 1 unspecified atom stereocenters. The Balaban J connectivity index is 2.86. The lowest BCUT2D eigenvalue weighted by Gasteiger charge is -2.17. The molecule has 5 heteroatoms. The first-order chi connectivity index (χ1) is 8.06. The van der Waals surface area contributed by atoms with Crippen LogP contribution in [-0.4, -0.2) is 11.0 Å². The van der Waals surface area contributed by atoms with Crippen LogP contribution in [0.1, 0.15) is 33.1 Å². The maximum atomic E-state index is 10.7. The average molecular weight is 237 g/mol. The lowest BCUT2D eigenvalue weighted by Crippen LogP contribution is -2.18. The van der Waals surface area contributed by atoms with Gasteiger partial charge in [-0.25, -0.2) is 0 Å². The first-order valence-electron chi connectivity index (χ1n) is 5.88. The Morgan fingerprint density at radius 3 is 2.65 bits per heavy atom. The van der Waals surface area contributed by atoms with E-state index < -0.39 is 4.92 Å². The number of nitrogens with two attached hydrogens (primary N) is 1. The van der Waals surface area contributed by atoms with Gasteiger partial charge in [-0.1, -0.05) is 20.3 Å². The molecule has 1 rings (SSSR count). The highest BCUT2D eigenvalue weighted by Crippen LogP contribution is 2.23. The topological polar surface area (TPSA) is 81.2 Å². The number of benzene rings is 1. The molecule has 0 radical (unpaired) electrons. The van der Waals surface area contributed by atoms with E-state index in [2.05, 4.69) is 19.2 Å². The van der Waals surface area contributed by atoms with Crippen molar-refractivity contribution >= 4 is 17.1 Å². The maximum Gasteiger partial charge on any atom is 0.273 e. The zero-order valence-corrected chi connectivity index (χ0v) is 10.3. The van der Waals surface area contributed by atoms with E-state index in [0.717, 1.165) is 24.9 Å². The molecule has 0 aliphatic heterocycles. The van der Waals surface area contributed by atoms with Gasteiger partial charge in [0.05, 0.1) is 4.92 Å². The van der Waals surface area contributed by atoms with Gasteiger partial charge in [0.1, 0.15) is 0 Å². The molecule has 0 aromatic heterocycles. The van der Waals surface area contributed by atoms with Crippen LogP contribution < -0.4 is 11.1 Å². The highest BCUT2D eigenvalue weighted by molar-refractivity contribution is 5.61. The summed E-state index contributed by atoms with van der Waals surface area (Å²) >= 11 is 0. The van der Waals surface area contributed by atoms with E-state index in [9.17, 15) is 10.1 Å². The predicted molar refractivity (Wildman–Crippen MR) is 70.1 cm³/mol. The summed E-state index contributed by atoms with van der Waals surface area (Å²) in [6.07, 6.45) is 3.10. The fraction of sp³-hybridized carbons (Fsp3) is 0.500. The number of non-ortho nitro benzene ring substituents is 1. The molecular formula is C12H19N3O2. The number of rotatable bonds is 6. The van der Waals surface area contributed by atoms with Crippen molar-refractivity contribution in [1.29, 1.82) is 0 Å². The van der Waals surface area contributed by atoms with E-state index in [1.165, 1.54) is 12.1 Å². The summed E-state index contributed by atoms with van der Waals surface area (Å²) in [5.41, 5.74) is 6.80. The lowest BCUT2D eigenvalue weighted by atomic mass is 10.1. The van der Waals surface area contributed by atoms with Crippen LogP contribution in [0.15, 0.2) is 18.2 Å². The monoisotopic (exact) mass is 237 g/mol. The Bertz CT molecular complexity index is 393. The summed E-state index contributed by atoms with van der Waals surface area (Å²) < 4.78 is 0. The Kier molecular flexibility index (Phi) is 4.75. The molecular weight excluding hydrogens is 218 g/mol. The van der Waals surface area contributed by atoms with Crippen LogP contribution in [0.2, 0.25) is 0 Å². The van der Waals surface area contributed by atoms with Gasteiger partial charge in [0, 0.05) is 29.5 Å². The molecule has 94 valence electrons. The average Bonchev–Trinajstić information content (AvgIpc) is 2.27. The quantitative estimate of drug-likeness (QED) is 0.452. The maximum absolute atomic E-state index is 10.7. The fourth-order valence-electron chi connectivity index (χ4n) is 1.79. The molecule has 0 heterocycles. The highest BCUT2D eigenvalue weighted by Gasteiger charge is 2.11. The van der Waals surface area contributed by atoms with Crippen molar-refractivity contribution in [2.45, 2.75) is 39.2 Å². The Morgan fingerprint density at radius 2 is 2.12 bits per heavy atom. The number of hydrogen-bond acceptors (Lipinski definition) is 4. The number of nitrogens with zero attached hydrogens (tertiary/aromatic N) is 1. The molecule has 0 fully saturated rings.